The summed E-state index contributed by atoms with van der Waals surface area (Å²) < 4.78 is 15.8. The standard InChI is InChI=1S/C49H44N6O3/c1-48(2,33-41-31-43(52-54(41)45-19-11-13-29-50-45)39-25-21-37(22-26-39)35-15-7-5-8-16-35)57-47(56)58-49(3,4)34-42-32-44(53-55(42)46-20-12-14-30-51-46)40-27-23-38(24-28-40)36-17-9-6-10-18-36/h5-32H,33-34H2,1-4H3. The van der Waals surface area contributed by atoms with Gasteiger partial charge in [-0.15, -0.1) is 0 Å². The van der Waals surface area contributed by atoms with E-state index in [2.05, 4.69) is 82.8 Å². The topological polar surface area (TPSA) is 97.0 Å². The Morgan fingerprint density at radius 3 is 1.17 bits per heavy atom. The van der Waals surface area contributed by atoms with Gasteiger partial charge in [-0.1, -0.05) is 121 Å². The maximum Gasteiger partial charge on any atom is 0.509 e. The first-order valence-electron chi connectivity index (χ1n) is 19.3. The molecule has 4 aromatic carbocycles. The van der Waals surface area contributed by atoms with E-state index >= 15 is 0 Å². The van der Waals surface area contributed by atoms with E-state index in [0.717, 1.165) is 56.2 Å². The van der Waals surface area contributed by atoms with Gasteiger partial charge in [0.1, 0.15) is 11.2 Å². The van der Waals surface area contributed by atoms with E-state index in [0.29, 0.717) is 24.5 Å². The van der Waals surface area contributed by atoms with Crippen LogP contribution in [0.15, 0.2) is 170 Å². The second kappa shape index (κ2) is 16.2. The molecule has 0 aliphatic rings. The van der Waals surface area contributed by atoms with Crippen LogP contribution < -0.4 is 0 Å². The summed E-state index contributed by atoms with van der Waals surface area (Å²) in [6.07, 6.45) is 3.41. The number of rotatable bonds is 12. The number of ether oxygens (including phenoxy) is 2. The molecule has 0 amide bonds. The van der Waals surface area contributed by atoms with Crippen molar-refractivity contribution in [2.45, 2.75) is 51.7 Å². The van der Waals surface area contributed by atoms with Crippen LogP contribution in [-0.2, 0) is 22.3 Å². The number of benzene rings is 4. The number of nitrogens with zero attached hydrogens (tertiary/aromatic N) is 6. The highest BCUT2D eigenvalue weighted by Crippen LogP contribution is 2.31. The van der Waals surface area contributed by atoms with E-state index in [1.54, 1.807) is 12.4 Å². The number of carbonyl (C=O) groups is 1. The van der Waals surface area contributed by atoms with Crippen LogP contribution in [0, 0.1) is 0 Å². The molecule has 0 radical (unpaired) electrons. The first-order valence-corrected chi connectivity index (χ1v) is 19.3. The predicted octanol–water partition coefficient (Wildman–Crippen LogP) is 11.0. The maximum atomic E-state index is 13.6. The third-order valence-electron chi connectivity index (χ3n) is 9.81. The predicted molar refractivity (Wildman–Crippen MR) is 228 cm³/mol. The molecule has 9 heteroatoms. The molecule has 4 heterocycles. The minimum absolute atomic E-state index is 0.354. The Morgan fingerprint density at radius 2 is 0.810 bits per heavy atom. The van der Waals surface area contributed by atoms with Gasteiger partial charge in [0, 0.05) is 36.4 Å². The number of aromatic nitrogens is 6. The summed E-state index contributed by atoms with van der Waals surface area (Å²) in [7, 11) is 0. The van der Waals surface area contributed by atoms with Crippen LogP contribution in [0.1, 0.15) is 39.1 Å². The summed E-state index contributed by atoms with van der Waals surface area (Å²) >= 11 is 0. The van der Waals surface area contributed by atoms with E-state index in [-0.39, 0.29) is 0 Å². The van der Waals surface area contributed by atoms with Gasteiger partial charge in [-0.2, -0.15) is 10.2 Å². The molecular formula is C49H44N6O3. The molecule has 0 N–H and O–H groups in total. The lowest BCUT2D eigenvalue weighted by Gasteiger charge is -2.29. The Balaban J connectivity index is 0.992. The van der Waals surface area contributed by atoms with Crippen molar-refractivity contribution < 1.29 is 14.3 Å². The fraction of sp³-hybridized carbons (Fsp3) is 0.163. The lowest BCUT2D eigenvalue weighted by Crippen LogP contribution is -2.37. The lowest BCUT2D eigenvalue weighted by atomic mass is 10.00. The number of pyridine rings is 2. The number of carbonyl (C=O) groups excluding carboxylic acids is 1. The molecule has 0 aliphatic heterocycles. The molecule has 0 aliphatic carbocycles. The van der Waals surface area contributed by atoms with E-state index < -0.39 is 17.4 Å². The smallest absolute Gasteiger partial charge is 0.428 e. The molecule has 0 bridgehead atoms. The summed E-state index contributed by atoms with van der Waals surface area (Å²) in [6.45, 7) is 7.49. The molecule has 8 aromatic rings. The molecule has 58 heavy (non-hydrogen) atoms. The number of hydrogen-bond donors (Lipinski definition) is 0. The van der Waals surface area contributed by atoms with Gasteiger partial charge in [0.05, 0.1) is 22.8 Å². The van der Waals surface area contributed by atoms with Gasteiger partial charge < -0.3 is 9.47 Å². The van der Waals surface area contributed by atoms with Gasteiger partial charge in [0.25, 0.3) is 0 Å². The van der Waals surface area contributed by atoms with Crippen molar-refractivity contribution in [3.8, 4) is 56.4 Å². The highest BCUT2D eigenvalue weighted by molar-refractivity contribution is 5.70. The molecule has 0 unspecified atom stereocenters. The monoisotopic (exact) mass is 764 g/mol. The molecular weight excluding hydrogens is 721 g/mol. The Labute approximate surface area is 338 Å². The summed E-state index contributed by atoms with van der Waals surface area (Å²) in [5, 5.41) is 9.93. The number of hydrogen-bond acceptors (Lipinski definition) is 7. The second-order valence-corrected chi connectivity index (χ2v) is 15.5. The van der Waals surface area contributed by atoms with Crippen LogP contribution in [0.3, 0.4) is 0 Å². The van der Waals surface area contributed by atoms with E-state index in [9.17, 15) is 4.79 Å². The summed E-state index contributed by atoms with van der Waals surface area (Å²) in [5.41, 5.74) is 7.81. The first-order chi connectivity index (χ1) is 28.1. The van der Waals surface area contributed by atoms with Crippen molar-refractivity contribution in [1.82, 2.24) is 29.5 Å². The fourth-order valence-electron chi connectivity index (χ4n) is 7.07. The Hall–Kier alpha value is -7.13. The zero-order chi connectivity index (χ0) is 40.1. The molecule has 8 rings (SSSR count). The van der Waals surface area contributed by atoms with Crippen molar-refractivity contribution in [2.75, 3.05) is 0 Å². The van der Waals surface area contributed by atoms with Crippen LogP contribution in [0.4, 0.5) is 4.79 Å². The first kappa shape index (κ1) is 37.8. The SMILES string of the molecule is CC(C)(Cc1cc(-c2ccc(-c3ccccc3)cc2)nn1-c1ccccn1)OC(=O)OC(C)(C)Cc1cc(-c2ccc(-c3ccccc3)cc2)nn1-c1ccccn1. The molecule has 4 aromatic heterocycles. The fourth-order valence-corrected chi connectivity index (χ4v) is 7.07. The molecule has 0 saturated carbocycles. The Kier molecular flexibility index (Phi) is 10.5. The van der Waals surface area contributed by atoms with Crippen LogP contribution in [0.5, 0.6) is 0 Å². The third kappa shape index (κ3) is 8.79. The normalized spacial score (nSPS) is 11.7. The van der Waals surface area contributed by atoms with Gasteiger partial charge in [0.15, 0.2) is 11.6 Å². The van der Waals surface area contributed by atoms with Gasteiger partial charge >= 0.3 is 6.16 Å². The summed E-state index contributed by atoms with van der Waals surface area (Å²) in [6, 6.07) is 52.7. The maximum absolute atomic E-state index is 13.6. The van der Waals surface area contributed by atoms with Crippen molar-refractivity contribution in [3.63, 3.8) is 0 Å². The highest BCUT2D eigenvalue weighted by Gasteiger charge is 2.32. The third-order valence-corrected chi connectivity index (χ3v) is 9.81. The summed E-state index contributed by atoms with van der Waals surface area (Å²) in [4.78, 5) is 22.7. The Bertz CT molecular complexity index is 2420. The van der Waals surface area contributed by atoms with E-state index in [1.807, 2.05) is 122 Å². The highest BCUT2D eigenvalue weighted by atomic mass is 16.7. The minimum Gasteiger partial charge on any atom is -0.428 e. The second-order valence-electron chi connectivity index (χ2n) is 15.5. The average Bonchev–Trinajstić information content (AvgIpc) is 3.85. The van der Waals surface area contributed by atoms with Crippen molar-refractivity contribution >= 4 is 6.16 Å². The zero-order valence-corrected chi connectivity index (χ0v) is 33.0. The molecule has 288 valence electrons. The van der Waals surface area contributed by atoms with Gasteiger partial charge in [0.2, 0.25) is 0 Å². The zero-order valence-electron chi connectivity index (χ0n) is 33.0. The molecule has 0 saturated heterocycles. The van der Waals surface area contributed by atoms with Crippen LogP contribution in [-0.4, -0.2) is 46.9 Å². The quantitative estimate of drug-likeness (QED) is 0.114. The lowest BCUT2D eigenvalue weighted by molar-refractivity contribution is -0.0589. The largest absolute Gasteiger partial charge is 0.509 e. The van der Waals surface area contributed by atoms with Crippen LogP contribution >= 0.6 is 0 Å². The van der Waals surface area contributed by atoms with Crippen LogP contribution in [0.2, 0.25) is 0 Å². The molecule has 0 fully saturated rings. The average molecular weight is 765 g/mol. The van der Waals surface area contributed by atoms with Gasteiger partial charge in [-0.3, -0.25) is 0 Å². The van der Waals surface area contributed by atoms with E-state index in [4.69, 9.17) is 19.7 Å². The van der Waals surface area contributed by atoms with Crippen LogP contribution in [0.25, 0.3) is 56.4 Å². The van der Waals surface area contributed by atoms with Crippen molar-refractivity contribution in [2.24, 2.45) is 0 Å². The van der Waals surface area contributed by atoms with Gasteiger partial charge in [-0.05, 0) is 86.3 Å². The molecule has 9 nitrogen and oxygen atoms in total. The Morgan fingerprint density at radius 1 is 0.466 bits per heavy atom. The van der Waals surface area contributed by atoms with E-state index in [1.165, 1.54) is 0 Å². The summed E-state index contributed by atoms with van der Waals surface area (Å²) in [5.74, 6) is 1.33. The van der Waals surface area contributed by atoms with Crippen molar-refractivity contribution in [1.29, 1.82) is 0 Å². The van der Waals surface area contributed by atoms with Crippen molar-refractivity contribution in [3.05, 3.63) is 182 Å². The van der Waals surface area contributed by atoms with Gasteiger partial charge in [-0.25, -0.2) is 24.1 Å². The molecule has 0 spiro atoms. The minimum atomic E-state index is -0.955. The molecule has 0 atom stereocenters.